The van der Waals surface area contributed by atoms with Gasteiger partial charge in [-0.25, -0.2) is 0 Å². The van der Waals surface area contributed by atoms with Crippen LogP contribution in [0.15, 0.2) is 42.5 Å². The van der Waals surface area contributed by atoms with Crippen molar-refractivity contribution in [2.45, 2.75) is 12.5 Å². The maximum Gasteiger partial charge on any atom is 0.127 e. The van der Waals surface area contributed by atoms with Crippen molar-refractivity contribution >= 4 is 0 Å². The zero-order valence-electron chi connectivity index (χ0n) is 15.8. The third-order valence-electron chi connectivity index (χ3n) is 4.91. The topological polar surface area (TPSA) is 43.0 Å². The van der Waals surface area contributed by atoms with Gasteiger partial charge >= 0.3 is 0 Å². The van der Waals surface area contributed by atoms with Crippen molar-refractivity contribution in [2.75, 3.05) is 47.5 Å². The largest absolute Gasteiger partial charge is 0.497 e. The molecule has 2 aromatic carbocycles. The van der Waals surface area contributed by atoms with Gasteiger partial charge in [0.15, 0.2) is 0 Å². The third kappa shape index (κ3) is 3.94. The summed E-state index contributed by atoms with van der Waals surface area (Å²) in [6, 6.07) is 14.4. The summed E-state index contributed by atoms with van der Waals surface area (Å²) in [7, 11) is 5.11. The average molecular weight is 356 g/mol. The monoisotopic (exact) mass is 356 g/mol. The van der Waals surface area contributed by atoms with Crippen LogP contribution in [0.4, 0.5) is 0 Å². The van der Waals surface area contributed by atoms with Gasteiger partial charge in [-0.2, -0.15) is 0 Å². The summed E-state index contributed by atoms with van der Waals surface area (Å²) in [5, 5.41) is 3.49. The van der Waals surface area contributed by atoms with E-state index in [-0.39, 0.29) is 6.04 Å². The zero-order valence-corrected chi connectivity index (χ0v) is 15.8. The first-order valence-electron chi connectivity index (χ1n) is 9.08. The van der Waals surface area contributed by atoms with Crippen LogP contribution in [0.3, 0.4) is 0 Å². The van der Waals surface area contributed by atoms with Crippen LogP contribution in [0.2, 0.25) is 0 Å². The molecule has 0 amide bonds. The van der Waals surface area contributed by atoms with Crippen molar-refractivity contribution in [3.63, 3.8) is 0 Å². The summed E-state index contributed by atoms with van der Waals surface area (Å²) in [6.45, 7) is 4.02. The van der Waals surface area contributed by atoms with E-state index in [9.17, 15) is 0 Å². The Bertz CT molecular complexity index is 712. The van der Waals surface area contributed by atoms with Gasteiger partial charge in [-0.3, -0.25) is 4.90 Å². The van der Waals surface area contributed by atoms with Crippen LogP contribution in [0.25, 0.3) is 0 Å². The van der Waals surface area contributed by atoms with Gasteiger partial charge in [-0.15, -0.1) is 0 Å². The zero-order chi connectivity index (χ0) is 18.4. The molecule has 1 fully saturated rings. The van der Waals surface area contributed by atoms with E-state index < -0.39 is 0 Å². The van der Waals surface area contributed by atoms with E-state index in [4.69, 9.17) is 14.2 Å². The highest BCUT2D eigenvalue weighted by Crippen LogP contribution is 2.40. The van der Waals surface area contributed by atoms with Crippen LogP contribution in [0.5, 0.6) is 17.2 Å². The molecule has 1 unspecified atom stereocenters. The van der Waals surface area contributed by atoms with Crippen LogP contribution in [0, 0.1) is 0 Å². The lowest BCUT2D eigenvalue weighted by atomic mass is 9.94. The highest BCUT2D eigenvalue weighted by Gasteiger charge is 2.28. The molecule has 1 heterocycles. The number of methoxy groups -OCH3 is 3. The summed E-state index contributed by atoms with van der Waals surface area (Å²) < 4.78 is 16.8. The molecule has 0 aromatic heterocycles. The first-order valence-corrected chi connectivity index (χ1v) is 9.08. The molecular weight excluding hydrogens is 328 g/mol. The van der Waals surface area contributed by atoms with E-state index in [0.717, 1.165) is 61.0 Å². The second kappa shape index (κ2) is 8.92. The molecule has 140 valence electrons. The van der Waals surface area contributed by atoms with Crippen molar-refractivity contribution < 1.29 is 14.2 Å². The highest BCUT2D eigenvalue weighted by molar-refractivity contribution is 5.49. The number of para-hydroxylation sites is 1. The molecule has 0 saturated carbocycles. The third-order valence-corrected chi connectivity index (χ3v) is 4.91. The number of ether oxygens (including phenoxy) is 3. The summed E-state index contributed by atoms with van der Waals surface area (Å²) in [4.78, 5) is 2.50. The quantitative estimate of drug-likeness (QED) is 0.862. The number of rotatable bonds is 6. The minimum atomic E-state index is 0.0620. The molecule has 0 bridgehead atoms. The van der Waals surface area contributed by atoms with Gasteiger partial charge in [0.1, 0.15) is 17.2 Å². The predicted molar refractivity (Wildman–Crippen MR) is 103 cm³/mol. The lowest BCUT2D eigenvalue weighted by Crippen LogP contribution is -2.33. The van der Waals surface area contributed by atoms with E-state index in [1.54, 1.807) is 21.3 Å². The lowest BCUT2D eigenvalue weighted by Gasteiger charge is -2.33. The number of hydrogen-bond acceptors (Lipinski definition) is 5. The molecule has 0 aliphatic carbocycles. The fourth-order valence-electron chi connectivity index (χ4n) is 3.62. The summed E-state index contributed by atoms with van der Waals surface area (Å²) in [5.41, 5.74) is 2.28. The van der Waals surface area contributed by atoms with Crippen molar-refractivity contribution in [3.05, 3.63) is 53.6 Å². The minimum Gasteiger partial charge on any atom is -0.497 e. The van der Waals surface area contributed by atoms with Crippen LogP contribution < -0.4 is 19.5 Å². The van der Waals surface area contributed by atoms with E-state index >= 15 is 0 Å². The molecule has 26 heavy (non-hydrogen) atoms. The molecule has 5 nitrogen and oxygen atoms in total. The standard InChI is InChI=1S/C21H28N2O3/c1-24-16-9-10-18(20(15-16)26-3)21(23-13-6-11-22-12-14-23)17-7-4-5-8-19(17)25-2/h4-5,7-10,15,21-22H,6,11-14H2,1-3H3. The average Bonchev–Trinajstić information content (AvgIpc) is 2.98. The number of hydrogen-bond donors (Lipinski definition) is 1. The lowest BCUT2D eigenvalue weighted by molar-refractivity contribution is 0.231. The molecule has 1 N–H and O–H groups in total. The van der Waals surface area contributed by atoms with Crippen LogP contribution >= 0.6 is 0 Å². The Labute approximate surface area is 155 Å². The highest BCUT2D eigenvalue weighted by atomic mass is 16.5. The van der Waals surface area contributed by atoms with Gasteiger partial charge < -0.3 is 19.5 Å². The van der Waals surface area contributed by atoms with Gasteiger partial charge in [0.05, 0.1) is 27.4 Å². The van der Waals surface area contributed by atoms with E-state index in [1.165, 1.54) is 0 Å². The first kappa shape index (κ1) is 18.5. The van der Waals surface area contributed by atoms with E-state index in [0.29, 0.717) is 0 Å². The Morgan fingerprint density at radius 1 is 0.846 bits per heavy atom. The second-order valence-electron chi connectivity index (χ2n) is 6.39. The van der Waals surface area contributed by atoms with Gasteiger partial charge in [-0.1, -0.05) is 18.2 Å². The normalized spacial score (nSPS) is 16.6. The smallest absolute Gasteiger partial charge is 0.127 e. The van der Waals surface area contributed by atoms with Crippen molar-refractivity contribution in [2.24, 2.45) is 0 Å². The number of nitrogens with one attached hydrogen (secondary N) is 1. The second-order valence-corrected chi connectivity index (χ2v) is 6.39. The molecular formula is C21H28N2O3. The molecule has 1 saturated heterocycles. The van der Waals surface area contributed by atoms with Crippen LogP contribution in [0.1, 0.15) is 23.6 Å². The van der Waals surface area contributed by atoms with Crippen LogP contribution in [-0.4, -0.2) is 52.4 Å². The molecule has 5 heteroatoms. The Kier molecular flexibility index (Phi) is 6.36. The maximum atomic E-state index is 5.72. The summed E-state index contributed by atoms with van der Waals surface area (Å²) in [5.74, 6) is 2.52. The Morgan fingerprint density at radius 2 is 1.62 bits per heavy atom. The molecule has 1 aliphatic rings. The molecule has 0 radical (unpaired) electrons. The molecule has 1 atom stereocenters. The van der Waals surface area contributed by atoms with Gasteiger partial charge in [-0.05, 0) is 31.2 Å². The fourth-order valence-corrected chi connectivity index (χ4v) is 3.62. The number of benzene rings is 2. The summed E-state index contributed by atoms with van der Waals surface area (Å²) in [6.07, 6.45) is 1.12. The fraction of sp³-hybridized carbons (Fsp3) is 0.429. The predicted octanol–water partition coefficient (Wildman–Crippen LogP) is 3.10. The SMILES string of the molecule is COc1ccc(C(c2ccccc2OC)N2CCCNCC2)c(OC)c1. The van der Waals surface area contributed by atoms with E-state index in [1.807, 2.05) is 24.3 Å². The summed E-state index contributed by atoms with van der Waals surface area (Å²) >= 11 is 0. The number of nitrogens with zero attached hydrogens (tertiary/aromatic N) is 1. The van der Waals surface area contributed by atoms with Crippen molar-refractivity contribution in [1.82, 2.24) is 10.2 Å². The molecule has 1 aliphatic heterocycles. The molecule has 2 aromatic rings. The minimum absolute atomic E-state index is 0.0620. The molecule has 0 spiro atoms. The van der Waals surface area contributed by atoms with E-state index in [2.05, 4.69) is 28.4 Å². The molecule has 3 rings (SSSR count). The first-order chi connectivity index (χ1) is 12.8. The maximum absolute atomic E-state index is 5.72. The Balaban J connectivity index is 2.11. The van der Waals surface area contributed by atoms with Crippen molar-refractivity contribution in [3.8, 4) is 17.2 Å². The van der Waals surface area contributed by atoms with Gasteiger partial charge in [0.25, 0.3) is 0 Å². The Hall–Kier alpha value is -2.24. The van der Waals surface area contributed by atoms with Crippen LogP contribution in [-0.2, 0) is 0 Å². The van der Waals surface area contributed by atoms with Gasteiger partial charge in [0, 0.05) is 36.8 Å². The van der Waals surface area contributed by atoms with Crippen molar-refractivity contribution in [1.29, 1.82) is 0 Å². The van der Waals surface area contributed by atoms with Gasteiger partial charge in [0.2, 0.25) is 0 Å². The Morgan fingerprint density at radius 3 is 2.38 bits per heavy atom.